The van der Waals surface area contributed by atoms with Crippen LogP contribution in [0.25, 0.3) is 0 Å². The van der Waals surface area contributed by atoms with E-state index in [1.165, 1.54) is 18.2 Å². The summed E-state index contributed by atoms with van der Waals surface area (Å²) >= 11 is 0. The van der Waals surface area contributed by atoms with E-state index in [0.717, 1.165) is 43.2 Å². The SMILES string of the molecule is CCc1ccc([C@@H](C(=O)NC2CCCCC2)N(C(=O)c2ccccn2)c2ccc(C(C)=O)cc2)cc1. The quantitative estimate of drug-likeness (QED) is 0.418. The third-order valence-electron chi connectivity index (χ3n) is 6.82. The van der Waals surface area contributed by atoms with Crippen LogP contribution in [0.1, 0.15) is 84.0 Å². The van der Waals surface area contributed by atoms with Gasteiger partial charge in [0.2, 0.25) is 5.91 Å². The minimum absolute atomic E-state index is 0.0640. The Hall–Kier alpha value is -3.80. The van der Waals surface area contributed by atoms with Crippen molar-refractivity contribution in [2.24, 2.45) is 0 Å². The second-order valence-corrected chi connectivity index (χ2v) is 9.33. The van der Waals surface area contributed by atoms with E-state index in [9.17, 15) is 14.4 Å². The first kappa shape index (κ1) is 25.3. The number of benzene rings is 2. The molecule has 6 heteroatoms. The maximum atomic E-state index is 13.9. The molecular weight excluding hydrogens is 450 g/mol. The Morgan fingerprint density at radius 2 is 1.64 bits per heavy atom. The molecule has 0 aliphatic heterocycles. The lowest BCUT2D eigenvalue weighted by Gasteiger charge is -2.33. The van der Waals surface area contributed by atoms with Crippen molar-refractivity contribution < 1.29 is 14.4 Å². The molecule has 1 aromatic heterocycles. The lowest BCUT2D eigenvalue weighted by atomic mass is 9.94. The summed E-state index contributed by atoms with van der Waals surface area (Å²) in [4.78, 5) is 45.5. The lowest BCUT2D eigenvalue weighted by Crippen LogP contribution is -2.47. The number of carbonyl (C=O) groups is 3. The maximum absolute atomic E-state index is 13.9. The van der Waals surface area contributed by atoms with E-state index in [4.69, 9.17) is 0 Å². The molecule has 1 N–H and O–H groups in total. The molecule has 1 atom stereocenters. The number of anilines is 1. The fourth-order valence-corrected chi connectivity index (χ4v) is 4.73. The topological polar surface area (TPSA) is 79.4 Å². The molecule has 1 saturated carbocycles. The molecule has 3 aromatic rings. The second kappa shape index (κ2) is 11.8. The molecule has 1 aliphatic rings. The maximum Gasteiger partial charge on any atom is 0.277 e. The van der Waals surface area contributed by atoms with Crippen molar-refractivity contribution in [3.05, 3.63) is 95.3 Å². The summed E-state index contributed by atoms with van der Waals surface area (Å²) in [5.41, 5.74) is 3.19. The van der Waals surface area contributed by atoms with Gasteiger partial charge in [0.25, 0.3) is 5.91 Å². The Morgan fingerprint density at radius 3 is 2.22 bits per heavy atom. The number of ketones is 1. The summed E-state index contributed by atoms with van der Waals surface area (Å²) in [5, 5.41) is 3.22. The molecule has 4 rings (SSSR count). The number of aryl methyl sites for hydroxylation is 1. The van der Waals surface area contributed by atoms with Crippen LogP contribution in [0.15, 0.2) is 72.9 Å². The highest BCUT2D eigenvalue weighted by Crippen LogP contribution is 2.31. The Bertz CT molecular complexity index is 1180. The number of rotatable bonds is 8. The first-order chi connectivity index (χ1) is 17.5. The first-order valence-electron chi connectivity index (χ1n) is 12.7. The predicted octanol–water partition coefficient (Wildman–Crippen LogP) is 5.68. The van der Waals surface area contributed by atoms with Gasteiger partial charge in [0.05, 0.1) is 0 Å². The zero-order valence-corrected chi connectivity index (χ0v) is 20.9. The van der Waals surface area contributed by atoms with Crippen LogP contribution >= 0.6 is 0 Å². The second-order valence-electron chi connectivity index (χ2n) is 9.33. The van der Waals surface area contributed by atoms with Crippen molar-refractivity contribution in [2.75, 3.05) is 4.90 Å². The molecule has 0 unspecified atom stereocenters. The van der Waals surface area contributed by atoms with Crippen molar-refractivity contribution in [2.45, 2.75) is 64.5 Å². The van der Waals surface area contributed by atoms with Gasteiger partial charge in [0.1, 0.15) is 11.7 Å². The summed E-state index contributed by atoms with van der Waals surface area (Å²) in [6, 6.07) is 19.0. The van der Waals surface area contributed by atoms with Crippen LogP contribution in [0.3, 0.4) is 0 Å². The summed E-state index contributed by atoms with van der Waals surface area (Å²) < 4.78 is 0. The largest absolute Gasteiger partial charge is 0.351 e. The standard InChI is InChI=1S/C30H33N3O3/c1-3-22-12-14-24(15-13-22)28(29(35)32-25-9-5-4-6-10-25)33(30(36)27-11-7-8-20-31-27)26-18-16-23(17-19-26)21(2)34/h7-8,11-20,25,28H,3-6,9-10H2,1-2H3,(H,32,35)/t28-/m0/s1. The van der Waals surface area contributed by atoms with Crippen molar-refractivity contribution in [1.29, 1.82) is 0 Å². The van der Waals surface area contributed by atoms with E-state index in [1.807, 2.05) is 24.3 Å². The molecule has 1 fully saturated rings. The zero-order chi connectivity index (χ0) is 25.5. The minimum Gasteiger partial charge on any atom is -0.351 e. The number of pyridine rings is 1. The van der Waals surface area contributed by atoms with Gasteiger partial charge in [-0.1, -0.05) is 56.5 Å². The zero-order valence-electron chi connectivity index (χ0n) is 20.9. The number of Topliss-reactive ketones (excluding diaryl/α,β-unsaturated/α-hetero) is 1. The van der Waals surface area contributed by atoms with Gasteiger partial charge >= 0.3 is 0 Å². The average Bonchev–Trinajstić information content (AvgIpc) is 2.92. The van der Waals surface area contributed by atoms with E-state index in [-0.39, 0.29) is 29.3 Å². The Balaban J connectivity index is 1.80. The highest BCUT2D eigenvalue weighted by molar-refractivity contribution is 6.09. The van der Waals surface area contributed by atoms with Gasteiger partial charge in [-0.25, -0.2) is 0 Å². The van der Waals surface area contributed by atoms with Crippen molar-refractivity contribution in [3.63, 3.8) is 0 Å². The summed E-state index contributed by atoms with van der Waals surface area (Å²) in [5.74, 6) is -0.661. The molecule has 1 heterocycles. The summed E-state index contributed by atoms with van der Waals surface area (Å²) in [6.07, 6.45) is 7.68. The van der Waals surface area contributed by atoms with Crippen molar-refractivity contribution >= 4 is 23.3 Å². The summed E-state index contributed by atoms with van der Waals surface area (Å²) in [7, 11) is 0. The van der Waals surface area contributed by atoms with Crippen LogP contribution in [0.4, 0.5) is 5.69 Å². The predicted molar refractivity (Wildman–Crippen MR) is 141 cm³/mol. The molecule has 2 amide bonds. The van der Waals surface area contributed by atoms with Crippen LogP contribution in [-0.4, -0.2) is 28.6 Å². The number of nitrogens with one attached hydrogen (secondary N) is 1. The molecule has 186 valence electrons. The smallest absolute Gasteiger partial charge is 0.277 e. The number of carbonyl (C=O) groups excluding carboxylic acids is 3. The fourth-order valence-electron chi connectivity index (χ4n) is 4.73. The van der Waals surface area contributed by atoms with E-state index < -0.39 is 6.04 Å². The van der Waals surface area contributed by atoms with Gasteiger partial charge in [-0.05, 0) is 73.7 Å². The van der Waals surface area contributed by atoms with Crippen LogP contribution in [0, 0.1) is 0 Å². The summed E-state index contributed by atoms with van der Waals surface area (Å²) in [6.45, 7) is 3.58. The van der Waals surface area contributed by atoms with Crippen LogP contribution < -0.4 is 10.2 Å². The highest BCUT2D eigenvalue weighted by atomic mass is 16.2. The molecule has 1 aliphatic carbocycles. The monoisotopic (exact) mass is 483 g/mol. The van der Waals surface area contributed by atoms with Gasteiger partial charge in [-0.3, -0.25) is 24.3 Å². The molecule has 0 bridgehead atoms. The van der Waals surface area contributed by atoms with Crippen molar-refractivity contribution in [3.8, 4) is 0 Å². The van der Waals surface area contributed by atoms with Gasteiger partial charge < -0.3 is 5.32 Å². The lowest BCUT2D eigenvalue weighted by molar-refractivity contribution is -0.123. The minimum atomic E-state index is -0.893. The Labute approximate surface area is 212 Å². The Kier molecular flexibility index (Phi) is 8.26. The van der Waals surface area contributed by atoms with E-state index in [2.05, 4.69) is 17.2 Å². The van der Waals surface area contributed by atoms with Gasteiger partial charge in [0, 0.05) is 23.5 Å². The Morgan fingerprint density at radius 1 is 0.944 bits per heavy atom. The fraction of sp³-hybridized carbons (Fsp3) is 0.333. The molecule has 6 nitrogen and oxygen atoms in total. The number of aromatic nitrogens is 1. The van der Waals surface area contributed by atoms with Gasteiger partial charge in [-0.15, -0.1) is 0 Å². The number of hydrogen-bond donors (Lipinski definition) is 1. The van der Waals surface area contributed by atoms with E-state index >= 15 is 0 Å². The van der Waals surface area contributed by atoms with E-state index in [1.54, 1.807) is 48.7 Å². The highest BCUT2D eigenvalue weighted by Gasteiger charge is 2.35. The molecule has 0 saturated heterocycles. The number of nitrogens with zero attached hydrogens (tertiary/aromatic N) is 2. The first-order valence-corrected chi connectivity index (χ1v) is 12.7. The molecule has 0 spiro atoms. The van der Waals surface area contributed by atoms with E-state index in [0.29, 0.717) is 11.3 Å². The molecular formula is C30H33N3O3. The van der Waals surface area contributed by atoms with Crippen LogP contribution in [0.5, 0.6) is 0 Å². The molecule has 36 heavy (non-hydrogen) atoms. The normalized spacial score (nSPS) is 14.6. The number of hydrogen-bond acceptors (Lipinski definition) is 4. The molecule has 0 radical (unpaired) electrons. The van der Waals surface area contributed by atoms with Gasteiger partial charge in [0.15, 0.2) is 5.78 Å². The average molecular weight is 484 g/mol. The third kappa shape index (κ3) is 5.88. The molecule has 2 aromatic carbocycles. The van der Waals surface area contributed by atoms with Gasteiger partial charge in [-0.2, -0.15) is 0 Å². The van der Waals surface area contributed by atoms with Crippen LogP contribution in [-0.2, 0) is 11.2 Å². The third-order valence-corrected chi connectivity index (χ3v) is 6.82. The van der Waals surface area contributed by atoms with Crippen molar-refractivity contribution in [1.82, 2.24) is 10.3 Å². The number of amides is 2. The van der Waals surface area contributed by atoms with Crippen LogP contribution in [0.2, 0.25) is 0 Å².